The molecule has 0 atom stereocenters. The summed E-state index contributed by atoms with van der Waals surface area (Å²) in [5, 5.41) is 11.7. The van der Waals surface area contributed by atoms with Crippen LogP contribution in [0.5, 0.6) is 5.75 Å². The zero-order valence-electron chi connectivity index (χ0n) is 14.1. The highest BCUT2D eigenvalue weighted by molar-refractivity contribution is 6.33. The molecule has 0 spiro atoms. The van der Waals surface area contributed by atoms with Crippen LogP contribution in [0, 0.1) is 6.92 Å². The van der Waals surface area contributed by atoms with Gasteiger partial charge in [-0.25, -0.2) is 4.98 Å². The number of carbonyl (C=O) groups excluding carboxylic acids is 1. The number of phenols is 1. The molecule has 0 unspecified atom stereocenters. The number of hydrogen-bond donors (Lipinski definition) is 2. The van der Waals surface area contributed by atoms with E-state index in [2.05, 4.69) is 10.3 Å². The Balaban J connectivity index is 1.84. The van der Waals surface area contributed by atoms with Crippen molar-refractivity contribution in [2.45, 2.75) is 19.5 Å². The first kappa shape index (κ1) is 19.0. The number of carbonyl (C=O) groups is 1. The Morgan fingerprint density at radius 2 is 1.96 bits per heavy atom. The molecule has 1 aromatic carbocycles. The first-order valence-electron chi connectivity index (χ1n) is 7.98. The van der Waals surface area contributed by atoms with Crippen LogP contribution in [-0.4, -0.2) is 26.9 Å². The molecule has 9 heteroatoms. The number of aromatic hydroxyl groups is 1. The number of hydrogen-bond acceptors (Lipinski definition) is 3. The molecule has 1 amide bonds. The van der Waals surface area contributed by atoms with Crippen molar-refractivity contribution in [1.29, 1.82) is 0 Å². The number of aryl methyl sites for hydroxylation is 1. The number of alkyl halides is 3. The first-order chi connectivity index (χ1) is 12.7. The number of imidazole rings is 1. The van der Waals surface area contributed by atoms with Crippen molar-refractivity contribution in [2.75, 3.05) is 6.54 Å². The number of halogens is 4. The number of phenolic OH excluding ortho intramolecular Hbond substituents is 1. The molecule has 5 nitrogen and oxygen atoms in total. The highest BCUT2D eigenvalue weighted by Crippen LogP contribution is 2.33. The molecule has 0 aliphatic heterocycles. The lowest BCUT2D eigenvalue weighted by atomic mass is 10.1. The van der Waals surface area contributed by atoms with Gasteiger partial charge in [-0.3, -0.25) is 9.20 Å². The molecule has 3 aromatic rings. The first-order valence-corrected chi connectivity index (χ1v) is 8.36. The second-order valence-electron chi connectivity index (χ2n) is 5.99. The number of pyridine rings is 1. The van der Waals surface area contributed by atoms with Crippen molar-refractivity contribution < 1.29 is 23.1 Å². The summed E-state index contributed by atoms with van der Waals surface area (Å²) in [5.41, 5.74) is 0.300. The van der Waals surface area contributed by atoms with Gasteiger partial charge in [-0.05, 0) is 37.1 Å². The van der Waals surface area contributed by atoms with Crippen LogP contribution in [0.2, 0.25) is 5.02 Å². The SMILES string of the molecule is Cc1nc2c(Cl)cc(C(F)(F)F)cn2c1C(=O)NCCc1ccc(O)cc1. The molecule has 27 heavy (non-hydrogen) atoms. The number of aromatic nitrogens is 2. The maximum atomic E-state index is 13.0. The van der Waals surface area contributed by atoms with Gasteiger partial charge in [0.25, 0.3) is 5.91 Å². The summed E-state index contributed by atoms with van der Waals surface area (Å²) in [6.07, 6.45) is -3.28. The van der Waals surface area contributed by atoms with Crippen LogP contribution in [0.15, 0.2) is 36.5 Å². The smallest absolute Gasteiger partial charge is 0.417 e. The van der Waals surface area contributed by atoms with E-state index in [1.54, 1.807) is 12.1 Å². The maximum Gasteiger partial charge on any atom is 0.417 e. The molecule has 0 bridgehead atoms. The van der Waals surface area contributed by atoms with Gasteiger partial charge in [0.15, 0.2) is 5.65 Å². The zero-order valence-corrected chi connectivity index (χ0v) is 14.9. The Labute approximate surface area is 157 Å². The van der Waals surface area contributed by atoms with Crippen molar-refractivity contribution in [3.8, 4) is 5.75 Å². The van der Waals surface area contributed by atoms with Crippen LogP contribution in [0.1, 0.15) is 27.3 Å². The third-order valence-electron chi connectivity index (χ3n) is 4.03. The second-order valence-corrected chi connectivity index (χ2v) is 6.39. The van der Waals surface area contributed by atoms with E-state index in [4.69, 9.17) is 11.6 Å². The summed E-state index contributed by atoms with van der Waals surface area (Å²) in [4.78, 5) is 16.6. The summed E-state index contributed by atoms with van der Waals surface area (Å²) in [6.45, 7) is 1.80. The Morgan fingerprint density at radius 3 is 2.59 bits per heavy atom. The van der Waals surface area contributed by atoms with Crippen LogP contribution < -0.4 is 5.32 Å². The van der Waals surface area contributed by atoms with Crippen molar-refractivity contribution in [3.63, 3.8) is 0 Å². The standard InChI is InChI=1S/C18H15ClF3N3O2/c1-10-15(17(27)23-7-6-11-2-4-13(26)5-3-11)25-9-12(18(20,21)22)8-14(19)16(25)24-10/h2-5,8-9,26H,6-7H2,1H3,(H,23,27). The highest BCUT2D eigenvalue weighted by Gasteiger charge is 2.32. The van der Waals surface area contributed by atoms with E-state index >= 15 is 0 Å². The Hall–Kier alpha value is -2.74. The van der Waals surface area contributed by atoms with E-state index in [0.717, 1.165) is 22.2 Å². The molecule has 2 N–H and O–H groups in total. The average molecular weight is 398 g/mol. The van der Waals surface area contributed by atoms with Gasteiger partial charge < -0.3 is 10.4 Å². The largest absolute Gasteiger partial charge is 0.508 e. The van der Waals surface area contributed by atoms with Crippen LogP contribution >= 0.6 is 11.6 Å². The van der Waals surface area contributed by atoms with Gasteiger partial charge in [0.1, 0.15) is 11.4 Å². The Bertz CT molecular complexity index is 998. The number of nitrogens with one attached hydrogen (secondary N) is 1. The predicted molar refractivity (Wildman–Crippen MR) is 94.1 cm³/mol. The molecule has 0 fully saturated rings. The van der Waals surface area contributed by atoms with Crippen molar-refractivity contribution in [3.05, 3.63) is 64.1 Å². The van der Waals surface area contributed by atoms with Crippen LogP contribution in [0.4, 0.5) is 13.2 Å². The Morgan fingerprint density at radius 1 is 1.30 bits per heavy atom. The second kappa shape index (κ2) is 7.11. The molecule has 0 saturated heterocycles. The van der Waals surface area contributed by atoms with Gasteiger partial charge in [-0.1, -0.05) is 23.7 Å². The van der Waals surface area contributed by atoms with Gasteiger partial charge in [-0.2, -0.15) is 13.2 Å². The van der Waals surface area contributed by atoms with E-state index in [1.807, 2.05) is 0 Å². The lowest BCUT2D eigenvalue weighted by molar-refractivity contribution is -0.137. The van der Waals surface area contributed by atoms with E-state index in [1.165, 1.54) is 19.1 Å². The average Bonchev–Trinajstić information content (AvgIpc) is 2.92. The van der Waals surface area contributed by atoms with E-state index in [-0.39, 0.29) is 34.4 Å². The molecule has 0 aliphatic rings. The fourth-order valence-corrected chi connectivity index (χ4v) is 2.96. The summed E-state index contributed by atoms with van der Waals surface area (Å²) in [5.74, 6) is -0.407. The Kier molecular flexibility index (Phi) is 5.01. The molecular formula is C18H15ClF3N3O2. The summed E-state index contributed by atoms with van der Waals surface area (Å²) >= 11 is 5.92. The highest BCUT2D eigenvalue weighted by atomic mass is 35.5. The number of amides is 1. The lowest BCUT2D eigenvalue weighted by Crippen LogP contribution is -2.27. The van der Waals surface area contributed by atoms with Crippen molar-refractivity contribution in [2.24, 2.45) is 0 Å². The van der Waals surface area contributed by atoms with Crippen molar-refractivity contribution in [1.82, 2.24) is 14.7 Å². The molecule has 0 saturated carbocycles. The number of rotatable bonds is 4. The van der Waals surface area contributed by atoms with Crippen LogP contribution in [-0.2, 0) is 12.6 Å². The topological polar surface area (TPSA) is 66.6 Å². The van der Waals surface area contributed by atoms with Gasteiger partial charge in [0, 0.05) is 12.7 Å². The number of nitrogens with zero attached hydrogens (tertiary/aromatic N) is 2. The number of fused-ring (bicyclic) bond motifs is 1. The molecule has 0 radical (unpaired) electrons. The zero-order chi connectivity index (χ0) is 19.8. The minimum Gasteiger partial charge on any atom is -0.508 e. The minimum absolute atomic E-state index is 0.00343. The number of benzene rings is 1. The van der Waals surface area contributed by atoms with Gasteiger partial charge in [0.05, 0.1) is 16.3 Å². The summed E-state index contributed by atoms with van der Waals surface area (Å²) in [6, 6.07) is 7.29. The third-order valence-corrected chi connectivity index (χ3v) is 4.31. The molecule has 2 heterocycles. The monoisotopic (exact) mass is 397 g/mol. The van der Waals surface area contributed by atoms with Gasteiger partial charge in [-0.15, -0.1) is 0 Å². The summed E-state index contributed by atoms with van der Waals surface area (Å²) in [7, 11) is 0. The third kappa shape index (κ3) is 4.00. The molecule has 3 rings (SSSR count). The summed E-state index contributed by atoms with van der Waals surface area (Å²) < 4.78 is 40.2. The van der Waals surface area contributed by atoms with E-state index in [0.29, 0.717) is 6.42 Å². The molecular weight excluding hydrogens is 383 g/mol. The normalized spacial score (nSPS) is 11.7. The molecule has 2 aromatic heterocycles. The van der Waals surface area contributed by atoms with Crippen LogP contribution in [0.25, 0.3) is 5.65 Å². The van der Waals surface area contributed by atoms with E-state index < -0.39 is 17.6 Å². The van der Waals surface area contributed by atoms with Gasteiger partial charge >= 0.3 is 6.18 Å². The quantitative estimate of drug-likeness (QED) is 0.699. The van der Waals surface area contributed by atoms with E-state index in [9.17, 15) is 23.1 Å². The molecule has 0 aliphatic carbocycles. The fraction of sp³-hybridized carbons (Fsp3) is 0.222. The van der Waals surface area contributed by atoms with Crippen molar-refractivity contribution >= 4 is 23.2 Å². The predicted octanol–water partition coefficient (Wildman–Crippen LogP) is 3.99. The van der Waals surface area contributed by atoms with Crippen LogP contribution in [0.3, 0.4) is 0 Å². The molecule has 142 valence electrons. The fourth-order valence-electron chi connectivity index (χ4n) is 2.71. The minimum atomic E-state index is -4.59. The maximum absolute atomic E-state index is 13.0. The lowest BCUT2D eigenvalue weighted by Gasteiger charge is -2.10. The van der Waals surface area contributed by atoms with Gasteiger partial charge in [0.2, 0.25) is 0 Å².